The van der Waals surface area contributed by atoms with Gasteiger partial charge in [-0.2, -0.15) is 0 Å². The molecular weight excluding hydrogens is 354 g/mol. The molecule has 136 valence electrons. The third-order valence-electron chi connectivity index (χ3n) is 4.20. The first-order valence-electron chi connectivity index (χ1n) is 8.35. The second-order valence-electron chi connectivity index (χ2n) is 5.93. The number of rotatable bonds is 5. The minimum absolute atomic E-state index is 0.0847. The van der Waals surface area contributed by atoms with Crippen LogP contribution < -0.4 is 20.3 Å². The largest absolute Gasteiger partial charge is 0.494 e. The Morgan fingerprint density at radius 3 is 2.77 bits per heavy atom. The first-order chi connectivity index (χ1) is 12.6. The summed E-state index contributed by atoms with van der Waals surface area (Å²) < 4.78 is 5.39. The van der Waals surface area contributed by atoms with Crippen molar-refractivity contribution in [3.63, 3.8) is 0 Å². The molecule has 0 aromatic heterocycles. The molecule has 1 heterocycles. The quantitative estimate of drug-likeness (QED) is 0.837. The number of nitrogens with zero attached hydrogens (tertiary/aromatic N) is 1. The molecular formula is C19H20ClN3O3. The smallest absolute Gasteiger partial charge is 0.319 e. The Morgan fingerprint density at radius 2 is 2.08 bits per heavy atom. The highest BCUT2D eigenvalue weighted by Crippen LogP contribution is 2.33. The number of benzene rings is 2. The van der Waals surface area contributed by atoms with E-state index in [9.17, 15) is 9.59 Å². The normalized spacial score (nSPS) is 13.6. The number of amides is 3. The second kappa shape index (κ2) is 8.10. The van der Waals surface area contributed by atoms with Gasteiger partial charge in [0.05, 0.1) is 12.8 Å². The molecule has 3 amide bonds. The van der Waals surface area contributed by atoms with Crippen LogP contribution in [0.3, 0.4) is 0 Å². The minimum atomic E-state index is -0.350. The fraction of sp³-hybridized carbons (Fsp3) is 0.263. The van der Waals surface area contributed by atoms with Crippen molar-refractivity contribution in [2.24, 2.45) is 0 Å². The predicted octanol–water partition coefficient (Wildman–Crippen LogP) is 3.80. The van der Waals surface area contributed by atoms with Gasteiger partial charge in [0.15, 0.2) is 0 Å². The fourth-order valence-electron chi connectivity index (χ4n) is 2.87. The van der Waals surface area contributed by atoms with Crippen LogP contribution in [-0.2, 0) is 11.3 Å². The number of nitrogens with one attached hydrogen (secondary N) is 2. The van der Waals surface area contributed by atoms with Crippen molar-refractivity contribution in [2.75, 3.05) is 23.9 Å². The molecule has 0 saturated carbocycles. The molecule has 0 atom stereocenters. The summed E-state index contributed by atoms with van der Waals surface area (Å²) in [5.41, 5.74) is 2.13. The van der Waals surface area contributed by atoms with Crippen molar-refractivity contribution in [3.05, 3.63) is 53.1 Å². The highest BCUT2D eigenvalue weighted by atomic mass is 35.5. The van der Waals surface area contributed by atoms with E-state index >= 15 is 0 Å². The Kier molecular flexibility index (Phi) is 5.63. The molecule has 2 aromatic carbocycles. The van der Waals surface area contributed by atoms with Crippen LogP contribution in [0.4, 0.5) is 16.2 Å². The van der Waals surface area contributed by atoms with Crippen molar-refractivity contribution in [3.8, 4) is 5.75 Å². The first-order valence-corrected chi connectivity index (χ1v) is 8.73. The number of ether oxygens (including phenoxy) is 1. The summed E-state index contributed by atoms with van der Waals surface area (Å²) in [6.45, 7) is 1.00. The third-order valence-corrected chi connectivity index (χ3v) is 4.57. The van der Waals surface area contributed by atoms with Crippen molar-refractivity contribution >= 4 is 34.9 Å². The minimum Gasteiger partial charge on any atom is -0.494 e. The maximum atomic E-state index is 12.1. The lowest BCUT2D eigenvalue weighted by Gasteiger charge is -2.19. The molecule has 7 heteroatoms. The van der Waals surface area contributed by atoms with Crippen LogP contribution in [0.25, 0.3) is 0 Å². The first kappa shape index (κ1) is 18.1. The van der Waals surface area contributed by atoms with Crippen molar-refractivity contribution in [2.45, 2.75) is 19.4 Å². The third kappa shape index (κ3) is 4.08. The second-order valence-corrected chi connectivity index (χ2v) is 6.34. The number of hydrogen-bond acceptors (Lipinski definition) is 3. The van der Waals surface area contributed by atoms with Crippen molar-refractivity contribution in [1.29, 1.82) is 0 Å². The number of anilines is 2. The van der Waals surface area contributed by atoms with Crippen molar-refractivity contribution < 1.29 is 14.3 Å². The zero-order valence-corrected chi connectivity index (χ0v) is 15.2. The average molecular weight is 374 g/mol. The van der Waals surface area contributed by atoms with E-state index in [0.29, 0.717) is 36.0 Å². The lowest BCUT2D eigenvalue weighted by Crippen LogP contribution is -2.28. The molecule has 0 unspecified atom stereocenters. The van der Waals surface area contributed by atoms with Gasteiger partial charge in [0.1, 0.15) is 5.75 Å². The molecule has 6 nitrogen and oxygen atoms in total. The van der Waals surface area contributed by atoms with Gasteiger partial charge in [-0.3, -0.25) is 4.79 Å². The maximum absolute atomic E-state index is 12.1. The molecule has 1 aliphatic heterocycles. The zero-order valence-electron chi connectivity index (χ0n) is 14.4. The standard InChI is InChI=1S/C19H20ClN3O3/c1-26-17-11-14(8-9-16(17)23-10-4-7-18(23)24)22-19(25)21-12-13-5-2-3-6-15(13)20/h2-3,5-6,8-9,11H,4,7,10,12H2,1H3,(H2,21,22,25). The predicted molar refractivity (Wildman–Crippen MR) is 102 cm³/mol. The number of hydrogen-bond donors (Lipinski definition) is 2. The number of methoxy groups -OCH3 is 1. The average Bonchev–Trinajstić information content (AvgIpc) is 3.06. The number of carbonyl (C=O) groups is 2. The van der Waals surface area contributed by atoms with E-state index < -0.39 is 0 Å². The Bertz CT molecular complexity index is 825. The van der Waals surface area contributed by atoms with Crippen LogP contribution in [0.2, 0.25) is 5.02 Å². The summed E-state index contributed by atoms with van der Waals surface area (Å²) in [6.07, 6.45) is 1.39. The molecule has 0 bridgehead atoms. The molecule has 0 aliphatic carbocycles. The molecule has 1 fully saturated rings. The molecule has 0 radical (unpaired) electrons. The molecule has 2 aromatic rings. The number of halogens is 1. The summed E-state index contributed by atoms with van der Waals surface area (Å²) in [4.78, 5) is 25.8. The van der Waals surface area contributed by atoms with Gasteiger partial charge in [0, 0.05) is 36.3 Å². The Hall–Kier alpha value is -2.73. The molecule has 1 aliphatic rings. The number of urea groups is 1. The molecule has 2 N–H and O–H groups in total. The van der Waals surface area contributed by atoms with Gasteiger partial charge in [-0.1, -0.05) is 29.8 Å². The van der Waals surface area contributed by atoms with Crippen LogP contribution >= 0.6 is 11.6 Å². The molecule has 3 rings (SSSR count). The Labute approximate surface area is 157 Å². The Balaban J connectivity index is 1.65. The van der Waals surface area contributed by atoms with Gasteiger partial charge >= 0.3 is 6.03 Å². The van der Waals surface area contributed by atoms with Gasteiger partial charge in [-0.05, 0) is 30.2 Å². The van der Waals surface area contributed by atoms with Gasteiger partial charge in [0.25, 0.3) is 0 Å². The van der Waals surface area contributed by atoms with E-state index in [1.807, 2.05) is 18.2 Å². The van der Waals surface area contributed by atoms with Gasteiger partial charge in [-0.25, -0.2) is 4.79 Å². The summed E-state index contributed by atoms with van der Waals surface area (Å²) in [5.74, 6) is 0.630. The Morgan fingerprint density at radius 1 is 1.27 bits per heavy atom. The van der Waals surface area contributed by atoms with Gasteiger partial charge in [-0.15, -0.1) is 0 Å². The fourth-order valence-corrected chi connectivity index (χ4v) is 3.08. The summed E-state index contributed by atoms with van der Waals surface area (Å²) >= 11 is 6.08. The van der Waals surface area contributed by atoms with E-state index in [2.05, 4.69) is 10.6 Å². The van der Waals surface area contributed by atoms with E-state index in [0.717, 1.165) is 17.7 Å². The maximum Gasteiger partial charge on any atom is 0.319 e. The summed E-state index contributed by atoms with van der Waals surface area (Å²) in [7, 11) is 1.54. The van der Waals surface area contributed by atoms with Crippen molar-refractivity contribution in [1.82, 2.24) is 5.32 Å². The summed E-state index contributed by atoms with van der Waals surface area (Å²) in [6, 6.07) is 12.2. The van der Waals surface area contributed by atoms with Crippen LogP contribution in [0.1, 0.15) is 18.4 Å². The monoisotopic (exact) mass is 373 g/mol. The topological polar surface area (TPSA) is 70.7 Å². The molecule has 0 spiro atoms. The van der Waals surface area contributed by atoms with E-state index in [4.69, 9.17) is 16.3 Å². The zero-order chi connectivity index (χ0) is 18.5. The van der Waals surface area contributed by atoms with E-state index in [-0.39, 0.29) is 11.9 Å². The lowest BCUT2D eigenvalue weighted by molar-refractivity contribution is -0.117. The van der Waals surface area contributed by atoms with Crippen LogP contribution in [0.15, 0.2) is 42.5 Å². The van der Waals surface area contributed by atoms with E-state index in [1.165, 1.54) is 0 Å². The highest BCUT2D eigenvalue weighted by molar-refractivity contribution is 6.31. The van der Waals surface area contributed by atoms with Crippen LogP contribution in [0, 0.1) is 0 Å². The molecule has 26 heavy (non-hydrogen) atoms. The number of carbonyl (C=O) groups excluding carboxylic acids is 2. The van der Waals surface area contributed by atoms with Gasteiger partial charge < -0.3 is 20.3 Å². The SMILES string of the molecule is COc1cc(NC(=O)NCc2ccccc2Cl)ccc1N1CCCC1=O. The van der Waals surface area contributed by atoms with Gasteiger partial charge in [0.2, 0.25) is 5.91 Å². The van der Waals surface area contributed by atoms with Crippen LogP contribution in [-0.4, -0.2) is 25.6 Å². The highest BCUT2D eigenvalue weighted by Gasteiger charge is 2.24. The van der Waals surface area contributed by atoms with E-state index in [1.54, 1.807) is 36.3 Å². The summed E-state index contributed by atoms with van der Waals surface area (Å²) in [5, 5.41) is 6.13. The molecule has 1 saturated heterocycles. The lowest BCUT2D eigenvalue weighted by atomic mass is 10.2. The van der Waals surface area contributed by atoms with Crippen LogP contribution in [0.5, 0.6) is 5.75 Å².